The first kappa shape index (κ1) is 41.2. The average Bonchev–Trinajstić information content (AvgIpc) is 3.95. The number of ketones is 1. The molecule has 4 saturated carbocycles. The molecule has 8 fully saturated rings. The van der Waals surface area contributed by atoms with Crippen molar-refractivity contribution >= 4 is 5.78 Å². The molecule has 0 unspecified atom stereocenters. The molecular formula is C54H80N2O4. The lowest BCUT2D eigenvalue weighted by molar-refractivity contribution is -0.116. The Morgan fingerprint density at radius 1 is 0.667 bits per heavy atom. The smallest absolute Gasteiger partial charge is 0.155 e. The van der Waals surface area contributed by atoms with Gasteiger partial charge in [-0.3, -0.25) is 4.79 Å². The maximum absolute atomic E-state index is 12.1. The van der Waals surface area contributed by atoms with Crippen molar-refractivity contribution in [3.8, 4) is 0 Å². The minimum Gasteiger partial charge on any atom is -0.393 e. The van der Waals surface area contributed by atoms with Gasteiger partial charge in [0.2, 0.25) is 0 Å². The molecule has 3 N–H and O–H groups in total. The molecule has 6 nitrogen and oxygen atoms in total. The molecule has 19 atom stereocenters. The molecule has 12 rings (SSSR count). The van der Waals surface area contributed by atoms with Crippen LogP contribution in [0.2, 0.25) is 0 Å². The van der Waals surface area contributed by atoms with Crippen LogP contribution in [-0.4, -0.2) is 65.6 Å². The van der Waals surface area contributed by atoms with Crippen LogP contribution in [0.4, 0.5) is 0 Å². The number of aliphatic hydroxyl groups excluding tert-OH is 1. The number of carbonyl (C=O) groups excluding carboxylic acids is 1. The highest BCUT2D eigenvalue weighted by Gasteiger charge is 2.63. The number of hydrogen-bond donors (Lipinski definition) is 3. The number of rotatable bonds is 0. The van der Waals surface area contributed by atoms with Crippen LogP contribution in [-0.2, 0) is 14.3 Å². The minimum absolute atomic E-state index is 0.0222. The Bertz CT molecular complexity index is 1910. The van der Waals surface area contributed by atoms with Crippen molar-refractivity contribution in [3.63, 3.8) is 0 Å². The van der Waals surface area contributed by atoms with E-state index in [1.54, 1.807) is 27.9 Å². The molecule has 0 radical (unpaired) electrons. The van der Waals surface area contributed by atoms with Crippen LogP contribution in [0.25, 0.3) is 0 Å². The fourth-order valence-electron chi connectivity index (χ4n) is 18.1. The molecule has 0 aromatic rings. The molecule has 0 aromatic carbocycles. The second kappa shape index (κ2) is 14.5. The molecule has 4 aliphatic heterocycles. The molecule has 0 bridgehead atoms. The fraction of sp³-hybridized carbons (Fsp3) is 0.833. The fourth-order valence-corrected chi connectivity index (χ4v) is 18.1. The molecule has 4 saturated heterocycles. The van der Waals surface area contributed by atoms with Gasteiger partial charge >= 0.3 is 0 Å². The maximum atomic E-state index is 12.1. The predicted molar refractivity (Wildman–Crippen MR) is 239 cm³/mol. The summed E-state index contributed by atoms with van der Waals surface area (Å²) in [6.07, 6.45) is 23.8. The number of hydrogen-bond acceptors (Lipinski definition) is 6. The molecule has 2 spiro atoms. The second-order valence-electron chi connectivity index (χ2n) is 24.1. The van der Waals surface area contributed by atoms with Crippen LogP contribution in [0.5, 0.6) is 0 Å². The van der Waals surface area contributed by atoms with Gasteiger partial charge in [0.05, 0.1) is 29.5 Å². The van der Waals surface area contributed by atoms with E-state index in [0.29, 0.717) is 53.2 Å². The number of carbonyl (C=O) groups is 1. The quantitative estimate of drug-likeness (QED) is 0.211. The standard InChI is InChI=1S/C27H41NO2.C27H39NO2/c2*1-15-11-24-25(28-14-15)17(3)27(30-24)10-8-20-21-6-5-18-12-19(29)7-9-26(18,4)23(21)13-22(20)16(27)2/h5,15,17,19-21,23-25,28-29H,6-14H2,1-4H3;12,15,17,20-21,23-25,28H,5-11,13-14H2,1-4H3/t15-,17+,19-,20-,21-,23-,24+,25-,26-,27-;15-,17+,20-,21-,23-,24+,25-,26-,27-/m00/s1. The summed E-state index contributed by atoms with van der Waals surface area (Å²) in [6.45, 7) is 21.8. The molecule has 4 heterocycles. The third kappa shape index (κ3) is 5.83. The van der Waals surface area contributed by atoms with E-state index >= 15 is 0 Å². The van der Waals surface area contributed by atoms with E-state index in [2.05, 4.69) is 72.1 Å². The number of piperidine rings is 2. The maximum Gasteiger partial charge on any atom is 0.155 e. The largest absolute Gasteiger partial charge is 0.393 e. The zero-order chi connectivity index (χ0) is 41.7. The molecule has 8 aliphatic carbocycles. The minimum atomic E-state index is -0.111. The van der Waals surface area contributed by atoms with Gasteiger partial charge in [-0.25, -0.2) is 0 Å². The summed E-state index contributed by atoms with van der Waals surface area (Å²) >= 11 is 0. The van der Waals surface area contributed by atoms with Gasteiger partial charge in [0.25, 0.3) is 0 Å². The summed E-state index contributed by atoms with van der Waals surface area (Å²) in [7, 11) is 0. The van der Waals surface area contributed by atoms with Gasteiger partial charge in [-0.15, -0.1) is 0 Å². The predicted octanol–water partition coefficient (Wildman–Crippen LogP) is 10.2. The summed E-state index contributed by atoms with van der Waals surface area (Å²) < 4.78 is 14.0. The first-order valence-corrected chi connectivity index (χ1v) is 25.5. The van der Waals surface area contributed by atoms with Crippen molar-refractivity contribution < 1.29 is 19.4 Å². The number of allylic oxidation sites excluding steroid dienone is 5. The lowest BCUT2D eigenvalue weighted by atomic mass is 9.56. The van der Waals surface area contributed by atoms with E-state index in [0.717, 1.165) is 86.6 Å². The average molecular weight is 821 g/mol. The summed E-state index contributed by atoms with van der Waals surface area (Å²) in [5.74, 6) is 7.60. The van der Waals surface area contributed by atoms with Crippen LogP contribution in [0, 0.1) is 70.0 Å². The summed E-state index contributed by atoms with van der Waals surface area (Å²) in [4.78, 5) is 12.1. The first-order valence-electron chi connectivity index (χ1n) is 25.5. The number of ether oxygens (including phenoxy) is 2. The molecule has 60 heavy (non-hydrogen) atoms. The van der Waals surface area contributed by atoms with Gasteiger partial charge in [0, 0.05) is 30.3 Å². The van der Waals surface area contributed by atoms with Crippen LogP contribution < -0.4 is 10.6 Å². The van der Waals surface area contributed by atoms with Crippen molar-refractivity contribution in [2.45, 2.75) is 200 Å². The summed E-state index contributed by atoms with van der Waals surface area (Å²) in [6, 6.07) is 1.05. The van der Waals surface area contributed by atoms with Crippen molar-refractivity contribution in [1.82, 2.24) is 10.6 Å². The highest BCUT2D eigenvalue weighted by atomic mass is 16.5. The van der Waals surface area contributed by atoms with E-state index in [-0.39, 0.29) is 22.7 Å². The Balaban J connectivity index is 0.000000136. The Labute approximate surface area is 363 Å². The molecule has 0 aromatic heterocycles. The number of nitrogens with one attached hydrogen (secondary N) is 2. The highest BCUT2D eigenvalue weighted by molar-refractivity contribution is 5.91. The number of fused-ring (bicyclic) bond motifs is 12. The third-order valence-electron chi connectivity index (χ3n) is 21.6. The van der Waals surface area contributed by atoms with Gasteiger partial charge in [-0.1, -0.05) is 69.9 Å². The monoisotopic (exact) mass is 821 g/mol. The van der Waals surface area contributed by atoms with Crippen molar-refractivity contribution in [1.29, 1.82) is 0 Å². The zero-order valence-electron chi connectivity index (χ0n) is 38.7. The van der Waals surface area contributed by atoms with E-state index in [1.165, 1.54) is 76.2 Å². The lowest BCUT2D eigenvalue weighted by Gasteiger charge is -2.49. The van der Waals surface area contributed by atoms with Crippen molar-refractivity contribution in [2.75, 3.05) is 13.1 Å². The Hall–Kier alpha value is -1.57. The van der Waals surface area contributed by atoms with Crippen molar-refractivity contribution in [3.05, 3.63) is 45.6 Å². The van der Waals surface area contributed by atoms with Crippen LogP contribution >= 0.6 is 0 Å². The molecule has 0 amide bonds. The van der Waals surface area contributed by atoms with Gasteiger partial charge in [-0.2, -0.15) is 0 Å². The SMILES string of the molecule is CC1=C2C[C@H]3[C@@H](CC=C4C[C@@H](O)CC[C@@]43C)[C@@H]2CC[C@]12O[C@@H]1C[C@H](C)CN[C@H]1[C@H]2C.CC1=C2C[C@H]3[C@@H](CCC4=CC(=O)CC[C@@]43C)[C@@H]2CC[C@]12O[C@@H]1C[C@H](C)CN[C@H]1[C@H]2C. The number of aliphatic hydroxyl groups is 1. The van der Waals surface area contributed by atoms with Gasteiger partial charge in [-0.05, 0) is 199 Å². The Morgan fingerprint density at radius 3 is 1.82 bits per heavy atom. The van der Waals surface area contributed by atoms with Gasteiger partial charge < -0.3 is 25.2 Å². The molecule has 12 aliphatic rings. The summed E-state index contributed by atoms with van der Waals surface area (Å²) in [5, 5.41) is 18.0. The van der Waals surface area contributed by atoms with Gasteiger partial charge in [0.1, 0.15) is 0 Å². The van der Waals surface area contributed by atoms with Crippen molar-refractivity contribution in [2.24, 2.45) is 70.0 Å². The van der Waals surface area contributed by atoms with Crippen LogP contribution in [0.3, 0.4) is 0 Å². The van der Waals surface area contributed by atoms with E-state index in [4.69, 9.17) is 9.47 Å². The Morgan fingerprint density at radius 2 is 1.22 bits per heavy atom. The lowest BCUT2D eigenvalue weighted by Crippen LogP contribution is -2.49. The zero-order valence-corrected chi connectivity index (χ0v) is 38.7. The van der Waals surface area contributed by atoms with Crippen LogP contribution in [0.15, 0.2) is 45.6 Å². The normalized spacial score (nSPS) is 53.8. The second-order valence-corrected chi connectivity index (χ2v) is 24.1. The van der Waals surface area contributed by atoms with E-state index < -0.39 is 0 Å². The van der Waals surface area contributed by atoms with Crippen LogP contribution in [0.1, 0.15) is 158 Å². The van der Waals surface area contributed by atoms with Gasteiger partial charge in [0.15, 0.2) is 5.78 Å². The first-order chi connectivity index (χ1) is 28.7. The third-order valence-corrected chi connectivity index (χ3v) is 21.6. The summed E-state index contributed by atoms with van der Waals surface area (Å²) in [5.41, 5.74) is 10.3. The van der Waals surface area contributed by atoms with E-state index in [1.807, 2.05) is 6.08 Å². The molecular weight excluding hydrogens is 741 g/mol. The Kier molecular flexibility index (Phi) is 9.92. The van der Waals surface area contributed by atoms with E-state index in [9.17, 15) is 9.90 Å². The highest BCUT2D eigenvalue weighted by Crippen LogP contribution is 2.67. The molecule has 330 valence electrons. The molecule has 6 heteroatoms. The topological polar surface area (TPSA) is 79.8 Å².